The fraction of sp³-hybridized carbons (Fsp3) is 0.353. The number of carbonyl (C=O) groups excluding carboxylic acids is 2. The molecule has 2 aromatic rings. The molecule has 25 heavy (non-hydrogen) atoms. The molecule has 2 aliphatic rings. The van der Waals surface area contributed by atoms with E-state index >= 15 is 0 Å². The van der Waals surface area contributed by atoms with Crippen LogP contribution >= 0.6 is 11.8 Å². The Morgan fingerprint density at radius 3 is 3.20 bits per heavy atom. The molecule has 4 rings (SSSR count). The monoisotopic (exact) mass is 358 g/mol. The van der Waals surface area contributed by atoms with E-state index in [4.69, 9.17) is 4.74 Å². The SMILES string of the molecule is COc1ccc2c(c1)C(C(=O)NCc1cn3c(n1)SCC3)CC(=O)N2. The summed E-state index contributed by atoms with van der Waals surface area (Å²) < 4.78 is 7.34. The number of benzene rings is 1. The minimum atomic E-state index is -0.525. The molecule has 2 N–H and O–H groups in total. The molecule has 0 fully saturated rings. The van der Waals surface area contributed by atoms with Gasteiger partial charge < -0.3 is 19.9 Å². The number of thioether (sulfide) groups is 1. The number of aryl methyl sites for hydroxylation is 1. The van der Waals surface area contributed by atoms with Gasteiger partial charge in [-0.1, -0.05) is 11.8 Å². The van der Waals surface area contributed by atoms with E-state index in [1.165, 1.54) is 0 Å². The molecule has 0 spiro atoms. The molecule has 2 amide bonds. The molecular formula is C17H18N4O3S. The Kier molecular flexibility index (Phi) is 4.12. The topological polar surface area (TPSA) is 85.2 Å². The first-order valence-corrected chi connectivity index (χ1v) is 9.07. The number of hydrogen-bond acceptors (Lipinski definition) is 5. The summed E-state index contributed by atoms with van der Waals surface area (Å²) in [6, 6.07) is 5.34. The Labute approximate surface area is 149 Å². The zero-order valence-corrected chi connectivity index (χ0v) is 14.6. The lowest BCUT2D eigenvalue weighted by molar-refractivity contribution is -0.126. The quantitative estimate of drug-likeness (QED) is 0.870. The van der Waals surface area contributed by atoms with Gasteiger partial charge in [0, 0.05) is 30.6 Å². The minimum absolute atomic E-state index is 0.127. The fourth-order valence-electron chi connectivity index (χ4n) is 3.15. The Hall–Kier alpha value is -2.48. The Morgan fingerprint density at radius 1 is 1.52 bits per heavy atom. The zero-order chi connectivity index (χ0) is 17.4. The maximum Gasteiger partial charge on any atom is 0.228 e. The highest BCUT2D eigenvalue weighted by atomic mass is 32.2. The first-order chi connectivity index (χ1) is 12.1. The summed E-state index contributed by atoms with van der Waals surface area (Å²) in [6.45, 7) is 1.31. The normalized spacial score (nSPS) is 18.3. The van der Waals surface area contributed by atoms with Crippen molar-refractivity contribution in [3.8, 4) is 5.75 Å². The molecule has 130 valence electrons. The minimum Gasteiger partial charge on any atom is -0.497 e. The number of nitrogens with one attached hydrogen (secondary N) is 2. The van der Waals surface area contributed by atoms with E-state index < -0.39 is 5.92 Å². The largest absolute Gasteiger partial charge is 0.497 e. The number of hydrogen-bond donors (Lipinski definition) is 2. The third-order valence-electron chi connectivity index (χ3n) is 4.41. The van der Waals surface area contributed by atoms with Crippen LogP contribution in [0.15, 0.2) is 29.6 Å². The van der Waals surface area contributed by atoms with Crippen molar-refractivity contribution in [3.05, 3.63) is 35.7 Å². The standard InChI is InChI=1S/C17H18N4O3S/c1-24-11-2-3-14-12(6-11)13(7-15(22)20-14)16(23)18-8-10-9-21-4-5-25-17(21)19-10/h2-3,6,9,13H,4-5,7-8H2,1H3,(H,18,23)(H,20,22). The second-order valence-corrected chi connectivity index (χ2v) is 7.09. The molecule has 0 saturated carbocycles. The van der Waals surface area contributed by atoms with Crippen LogP contribution in [0.4, 0.5) is 5.69 Å². The molecule has 0 saturated heterocycles. The first-order valence-electron chi connectivity index (χ1n) is 8.08. The van der Waals surface area contributed by atoms with E-state index in [9.17, 15) is 9.59 Å². The maximum atomic E-state index is 12.7. The van der Waals surface area contributed by atoms with Crippen molar-refractivity contribution in [1.82, 2.24) is 14.9 Å². The lowest BCUT2D eigenvalue weighted by atomic mass is 9.89. The van der Waals surface area contributed by atoms with Gasteiger partial charge in [0.25, 0.3) is 0 Å². The van der Waals surface area contributed by atoms with Gasteiger partial charge in [-0.05, 0) is 23.8 Å². The second kappa shape index (κ2) is 6.44. The predicted octanol–water partition coefficient (Wildman–Crippen LogP) is 1.74. The molecule has 1 unspecified atom stereocenters. The first kappa shape index (κ1) is 16.0. The number of rotatable bonds is 4. The molecule has 0 radical (unpaired) electrons. The highest BCUT2D eigenvalue weighted by Crippen LogP contribution is 2.35. The molecule has 1 aromatic carbocycles. The van der Waals surface area contributed by atoms with E-state index in [-0.39, 0.29) is 18.2 Å². The van der Waals surface area contributed by atoms with Gasteiger partial charge in [0.2, 0.25) is 11.8 Å². The van der Waals surface area contributed by atoms with Crippen LogP contribution in [0.3, 0.4) is 0 Å². The Morgan fingerprint density at radius 2 is 2.40 bits per heavy atom. The van der Waals surface area contributed by atoms with E-state index in [0.29, 0.717) is 18.0 Å². The van der Waals surface area contributed by atoms with Crippen LogP contribution in [0.1, 0.15) is 23.6 Å². The molecule has 2 aliphatic heterocycles. The van der Waals surface area contributed by atoms with E-state index in [1.807, 2.05) is 6.20 Å². The van der Waals surface area contributed by atoms with Gasteiger partial charge in [0.1, 0.15) is 5.75 Å². The number of amides is 2. The van der Waals surface area contributed by atoms with Crippen LogP contribution in [0, 0.1) is 0 Å². The number of methoxy groups -OCH3 is 1. The van der Waals surface area contributed by atoms with Gasteiger partial charge in [0.05, 0.1) is 25.3 Å². The highest BCUT2D eigenvalue weighted by molar-refractivity contribution is 7.99. The second-order valence-electron chi connectivity index (χ2n) is 6.03. The van der Waals surface area contributed by atoms with Crippen molar-refractivity contribution in [2.24, 2.45) is 0 Å². The molecule has 8 heteroatoms. The van der Waals surface area contributed by atoms with Crippen molar-refractivity contribution in [3.63, 3.8) is 0 Å². The smallest absolute Gasteiger partial charge is 0.228 e. The summed E-state index contributed by atoms with van der Waals surface area (Å²) in [7, 11) is 1.58. The molecule has 0 aliphatic carbocycles. The molecule has 0 bridgehead atoms. The van der Waals surface area contributed by atoms with Crippen LogP contribution in [-0.4, -0.2) is 34.2 Å². The van der Waals surface area contributed by atoms with Crippen LogP contribution in [0.25, 0.3) is 0 Å². The highest BCUT2D eigenvalue weighted by Gasteiger charge is 2.31. The Balaban J connectivity index is 1.50. The van der Waals surface area contributed by atoms with Crippen LogP contribution in [0.2, 0.25) is 0 Å². The number of anilines is 1. The van der Waals surface area contributed by atoms with Crippen LogP contribution in [-0.2, 0) is 22.7 Å². The average molecular weight is 358 g/mol. The number of nitrogens with zero attached hydrogens (tertiary/aromatic N) is 2. The van der Waals surface area contributed by atoms with Gasteiger partial charge in [-0.3, -0.25) is 9.59 Å². The lowest BCUT2D eigenvalue weighted by Gasteiger charge is -2.25. The van der Waals surface area contributed by atoms with Crippen molar-refractivity contribution < 1.29 is 14.3 Å². The molecule has 1 atom stereocenters. The number of aromatic nitrogens is 2. The number of imidazole rings is 1. The predicted molar refractivity (Wildman–Crippen MR) is 93.8 cm³/mol. The van der Waals surface area contributed by atoms with Crippen molar-refractivity contribution >= 4 is 29.3 Å². The number of fused-ring (bicyclic) bond motifs is 2. The van der Waals surface area contributed by atoms with Gasteiger partial charge in [-0.25, -0.2) is 4.98 Å². The average Bonchev–Trinajstić information content (AvgIpc) is 3.20. The van der Waals surface area contributed by atoms with Gasteiger partial charge in [0.15, 0.2) is 5.16 Å². The zero-order valence-electron chi connectivity index (χ0n) is 13.7. The third kappa shape index (κ3) is 3.09. The molecule has 7 nitrogen and oxygen atoms in total. The van der Waals surface area contributed by atoms with E-state index in [0.717, 1.165) is 28.7 Å². The van der Waals surface area contributed by atoms with Crippen molar-refractivity contribution in [2.75, 3.05) is 18.2 Å². The summed E-state index contributed by atoms with van der Waals surface area (Å²) in [4.78, 5) is 29.1. The van der Waals surface area contributed by atoms with E-state index in [2.05, 4.69) is 20.2 Å². The fourth-order valence-corrected chi connectivity index (χ4v) is 4.11. The number of carbonyl (C=O) groups is 2. The summed E-state index contributed by atoms with van der Waals surface area (Å²) >= 11 is 1.72. The third-order valence-corrected chi connectivity index (χ3v) is 5.38. The van der Waals surface area contributed by atoms with Gasteiger partial charge >= 0.3 is 0 Å². The summed E-state index contributed by atoms with van der Waals surface area (Å²) in [5, 5.41) is 6.71. The van der Waals surface area contributed by atoms with Gasteiger partial charge in [-0.2, -0.15) is 0 Å². The van der Waals surface area contributed by atoms with Crippen molar-refractivity contribution in [2.45, 2.75) is 30.6 Å². The molecular weight excluding hydrogens is 340 g/mol. The molecule has 1 aromatic heterocycles. The van der Waals surface area contributed by atoms with E-state index in [1.54, 1.807) is 37.1 Å². The Bertz CT molecular complexity index is 827. The van der Waals surface area contributed by atoms with Crippen molar-refractivity contribution in [1.29, 1.82) is 0 Å². The summed E-state index contributed by atoms with van der Waals surface area (Å²) in [5.41, 5.74) is 2.27. The maximum absolute atomic E-state index is 12.7. The number of ether oxygens (including phenoxy) is 1. The van der Waals surface area contributed by atoms with Crippen LogP contribution < -0.4 is 15.4 Å². The van der Waals surface area contributed by atoms with Crippen LogP contribution in [0.5, 0.6) is 5.75 Å². The summed E-state index contributed by atoms with van der Waals surface area (Å²) in [6.07, 6.45) is 2.10. The van der Waals surface area contributed by atoms with Gasteiger partial charge in [-0.15, -0.1) is 0 Å². The lowest BCUT2D eigenvalue weighted by Crippen LogP contribution is -2.34. The molecule has 3 heterocycles. The summed E-state index contributed by atoms with van der Waals surface area (Å²) in [5.74, 6) is 0.850.